The van der Waals surface area contributed by atoms with Crippen molar-refractivity contribution in [3.63, 3.8) is 0 Å². The van der Waals surface area contributed by atoms with Crippen molar-refractivity contribution in [2.45, 2.75) is 26.2 Å². The first-order valence-corrected chi connectivity index (χ1v) is 7.42. The second-order valence-electron chi connectivity index (χ2n) is 5.59. The predicted molar refractivity (Wildman–Crippen MR) is 85.3 cm³/mol. The van der Waals surface area contributed by atoms with Crippen molar-refractivity contribution in [1.29, 1.82) is 0 Å². The van der Waals surface area contributed by atoms with Crippen molar-refractivity contribution in [2.24, 2.45) is 5.73 Å². The molecule has 0 aliphatic heterocycles. The Hall–Kier alpha value is -2.20. The molecule has 1 aromatic carbocycles. The molecule has 0 saturated heterocycles. The number of furan rings is 2. The van der Waals surface area contributed by atoms with Gasteiger partial charge in [0.05, 0.1) is 0 Å². The number of hydrogen-bond acceptors (Lipinski definition) is 3. The number of fused-ring (bicyclic) bond motifs is 1. The van der Waals surface area contributed by atoms with E-state index in [9.17, 15) is 4.79 Å². The summed E-state index contributed by atoms with van der Waals surface area (Å²) in [6.07, 6.45) is 0.482. The maximum absolute atomic E-state index is 11.1. The van der Waals surface area contributed by atoms with Gasteiger partial charge < -0.3 is 14.6 Å². The number of carbonyl (C=O) groups is 1. The van der Waals surface area contributed by atoms with Crippen LogP contribution in [0.3, 0.4) is 0 Å². The monoisotopic (exact) mass is 317 g/mol. The minimum Gasteiger partial charge on any atom is -0.461 e. The first-order chi connectivity index (χ1) is 10.4. The summed E-state index contributed by atoms with van der Waals surface area (Å²) in [7, 11) is 0. The maximum atomic E-state index is 11.1. The van der Waals surface area contributed by atoms with E-state index >= 15 is 0 Å². The number of nitrogens with two attached hydrogens (primary N) is 1. The van der Waals surface area contributed by atoms with E-state index in [1.165, 1.54) is 0 Å². The summed E-state index contributed by atoms with van der Waals surface area (Å²) in [4.78, 5) is 11.1. The third-order valence-corrected chi connectivity index (χ3v) is 3.73. The van der Waals surface area contributed by atoms with Crippen LogP contribution in [0.5, 0.6) is 0 Å². The summed E-state index contributed by atoms with van der Waals surface area (Å²) in [6.45, 7) is 4.15. The van der Waals surface area contributed by atoms with Crippen LogP contribution in [0.4, 0.5) is 0 Å². The van der Waals surface area contributed by atoms with Gasteiger partial charge in [0.2, 0.25) is 0 Å². The first-order valence-electron chi connectivity index (χ1n) is 7.04. The summed E-state index contributed by atoms with van der Waals surface area (Å²) in [5, 5.41) is 1.60. The zero-order valence-electron chi connectivity index (χ0n) is 12.4. The Morgan fingerprint density at radius 2 is 2.00 bits per heavy atom. The van der Waals surface area contributed by atoms with Gasteiger partial charge in [0, 0.05) is 28.3 Å². The number of carbonyl (C=O) groups excluding carboxylic acids is 1. The molecule has 1 amide bonds. The van der Waals surface area contributed by atoms with Crippen LogP contribution in [0.2, 0.25) is 5.02 Å². The van der Waals surface area contributed by atoms with Crippen molar-refractivity contribution >= 4 is 28.5 Å². The maximum Gasteiger partial charge on any atom is 0.284 e. The molecule has 2 aromatic heterocycles. The highest BCUT2D eigenvalue weighted by molar-refractivity contribution is 6.31. The molecule has 0 saturated carbocycles. The molecule has 22 heavy (non-hydrogen) atoms. The summed E-state index contributed by atoms with van der Waals surface area (Å²) < 4.78 is 11.4. The van der Waals surface area contributed by atoms with Gasteiger partial charge in [0.1, 0.15) is 17.1 Å². The van der Waals surface area contributed by atoms with Crippen LogP contribution in [0, 0.1) is 0 Å². The lowest BCUT2D eigenvalue weighted by Gasteiger charge is -2.02. The van der Waals surface area contributed by atoms with Crippen molar-refractivity contribution in [1.82, 2.24) is 0 Å². The Balaban J connectivity index is 2.03. The standard InChI is InChI=1S/C17H16ClNO3/c1-9(2)15-8-11-6-12(18)5-10(16(11)22-15)7-13-3-4-14(21-13)17(19)20/h3-6,8-9H,7H2,1-2H3,(H2,19,20). The summed E-state index contributed by atoms with van der Waals surface area (Å²) in [5.41, 5.74) is 6.91. The number of halogens is 1. The fourth-order valence-electron chi connectivity index (χ4n) is 2.41. The molecule has 2 N–H and O–H groups in total. The first kappa shape index (κ1) is 14.7. The van der Waals surface area contributed by atoms with Gasteiger partial charge in [0.25, 0.3) is 5.91 Å². The third kappa shape index (κ3) is 2.74. The molecule has 0 unspecified atom stereocenters. The van der Waals surface area contributed by atoms with Crippen LogP contribution >= 0.6 is 11.6 Å². The summed E-state index contributed by atoms with van der Waals surface area (Å²) in [6, 6.07) is 9.04. The van der Waals surface area contributed by atoms with Crippen LogP contribution in [0.25, 0.3) is 11.0 Å². The van der Waals surface area contributed by atoms with Gasteiger partial charge in [-0.05, 0) is 30.3 Å². The quantitative estimate of drug-likeness (QED) is 0.770. The van der Waals surface area contributed by atoms with E-state index in [0.29, 0.717) is 23.1 Å². The Labute approximate surface area is 132 Å². The van der Waals surface area contributed by atoms with Gasteiger partial charge in [-0.1, -0.05) is 25.4 Å². The molecule has 114 valence electrons. The molecule has 0 aliphatic rings. The summed E-state index contributed by atoms with van der Waals surface area (Å²) in [5.74, 6) is 1.41. The van der Waals surface area contributed by atoms with Crippen molar-refractivity contribution < 1.29 is 13.6 Å². The van der Waals surface area contributed by atoms with Crippen molar-refractivity contribution in [3.8, 4) is 0 Å². The van der Waals surface area contributed by atoms with Gasteiger partial charge in [-0.25, -0.2) is 0 Å². The lowest BCUT2D eigenvalue weighted by Crippen LogP contribution is -2.09. The van der Waals surface area contributed by atoms with E-state index in [0.717, 1.165) is 22.3 Å². The van der Waals surface area contributed by atoms with Gasteiger partial charge >= 0.3 is 0 Å². The smallest absolute Gasteiger partial charge is 0.284 e. The molecule has 4 nitrogen and oxygen atoms in total. The minimum absolute atomic E-state index is 0.149. The fraction of sp³-hybridized carbons (Fsp3) is 0.235. The molecule has 0 radical (unpaired) electrons. The van der Waals surface area contributed by atoms with Gasteiger partial charge in [-0.15, -0.1) is 0 Å². The van der Waals surface area contributed by atoms with Crippen molar-refractivity contribution in [2.75, 3.05) is 0 Å². The minimum atomic E-state index is -0.581. The van der Waals surface area contributed by atoms with E-state index in [-0.39, 0.29) is 5.76 Å². The van der Waals surface area contributed by atoms with Gasteiger partial charge in [0.15, 0.2) is 5.76 Å². The molecule has 0 spiro atoms. The lowest BCUT2D eigenvalue weighted by atomic mass is 10.1. The Bertz CT molecular complexity index is 845. The average molecular weight is 318 g/mol. The van der Waals surface area contributed by atoms with E-state index in [4.69, 9.17) is 26.2 Å². The molecular formula is C17H16ClNO3. The zero-order valence-corrected chi connectivity index (χ0v) is 13.1. The molecule has 3 aromatic rings. The molecule has 0 aliphatic carbocycles. The van der Waals surface area contributed by atoms with E-state index < -0.39 is 5.91 Å². The van der Waals surface area contributed by atoms with E-state index in [1.54, 1.807) is 12.1 Å². The molecule has 0 atom stereocenters. The Kier molecular flexibility index (Phi) is 3.71. The summed E-state index contributed by atoms with van der Waals surface area (Å²) >= 11 is 6.19. The van der Waals surface area contributed by atoms with Gasteiger partial charge in [-0.2, -0.15) is 0 Å². The number of hydrogen-bond donors (Lipinski definition) is 1. The highest BCUT2D eigenvalue weighted by Crippen LogP contribution is 2.31. The Morgan fingerprint density at radius 3 is 2.64 bits per heavy atom. The second-order valence-corrected chi connectivity index (χ2v) is 6.03. The largest absolute Gasteiger partial charge is 0.461 e. The van der Waals surface area contributed by atoms with Crippen LogP contribution in [0.15, 0.2) is 39.2 Å². The molecule has 5 heteroatoms. The van der Waals surface area contributed by atoms with Crippen LogP contribution in [-0.4, -0.2) is 5.91 Å². The fourth-order valence-corrected chi connectivity index (χ4v) is 2.66. The molecule has 0 fully saturated rings. The SMILES string of the molecule is CC(C)c1cc2cc(Cl)cc(Cc3ccc(C(N)=O)o3)c2o1. The third-order valence-electron chi connectivity index (χ3n) is 3.52. The van der Waals surface area contributed by atoms with Crippen LogP contribution in [0.1, 0.15) is 47.4 Å². The van der Waals surface area contributed by atoms with Crippen LogP contribution < -0.4 is 5.73 Å². The van der Waals surface area contributed by atoms with E-state index in [1.807, 2.05) is 18.2 Å². The number of amides is 1. The molecule has 3 rings (SSSR count). The number of primary amides is 1. The Morgan fingerprint density at radius 1 is 1.23 bits per heavy atom. The molecule has 2 heterocycles. The molecular weight excluding hydrogens is 302 g/mol. The van der Waals surface area contributed by atoms with Crippen LogP contribution in [-0.2, 0) is 6.42 Å². The lowest BCUT2D eigenvalue weighted by molar-refractivity contribution is 0.0972. The number of rotatable bonds is 4. The predicted octanol–water partition coefficient (Wildman–Crippen LogP) is 4.49. The normalized spacial score (nSPS) is 11.5. The van der Waals surface area contributed by atoms with E-state index in [2.05, 4.69) is 13.8 Å². The topological polar surface area (TPSA) is 69.4 Å². The zero-order chi connectivity index (χ0) is 15.9. The van der Waals surface area contributed by atoms with Crippen molar-refractivity contribution in [3.05, 3.63) is 58.2 Å². The highest BCUT2D eigenvalue weighted by Gasteiger charge is 2.14. The average Bonchev–Trinajstić information content (AvgIpc) is 3.04. The molecule has 0 bridgehead atoms. The highest BCUT2D eigenvalue weighted by atomic mass is 35.5. The number of benzene rings is 1. The second kappa shape index (κ2) is 5.54. The van der Waals surface area contributed by atoms with Gasteiger partial charge in [-0.3, -0.25) is 4.79 Å².